The Morgan fingerprint density at radius 1 is 0.364 bits per heavy atom. The first-order valence-electron chi connectivity index (χ1n) is 18.7. The molecule has 0 aliphatic heterocycles. The predicted molar refractivity (Wildman–Crippen MR) is 235 cm³/mol. The Hall–Kier alpha value is -6.94. The number of para-hydroxylation sites is 1. The lowest BCUT2D eigenvalue weighted by Gasteiger charge is -2.29. The highest BCUT2D eigenvalue weighted by Gasteiger charge is 2.23. The molecule has 0 saturated heterocycles. The van der Waals surface area contributed by atoms with Gasteiger partial charge in [0.15, 0.2) is 0 Å². The lowest BCUT2D eigenvalue weighted by Crippen LogP contribution is -2.11. The molecule has 0 aliphatic rings. The van der Waals surface area contributed by atoms with E-state index >= 15 is 0 Å². The van der Waals surface area contributed by atoms with Crippen LogP contribution in [0.5, 0.6) is 0 Å². The van der Waals surface area contributed by atoms with Gasteiger partial charge in [-0.1, -0.05) is 158 Å². The maximum absolute atomic E-state index is 6.38. The molecule has 11 aromatic rings. The maximum atomic E-state index is 6.38. The minimum absolute atomic E-state index is 0.893. The van der Waals surface area contributed by atoms with Crippen LogP contribution in [-0.4, -0.2) is 0 Å². The fourth-order valence-electron chi connectivity index (χ4n) is 8.43. The molecule has 0 saturated carbocycles. The average molecular weight is 720 g/mol. The number of benzene rings is 9. The Labute approximate surface area is 322 Å². The third kappa shape index (κ3) is 5.16. The smallest absolute Gasteiger partial charge is 0.136 e. The Morgan fingerprint density at radius 3 is 1.80 bits per heavy atom. The zero-order valence-corrected chi connectivity index (χ0v) is 30.6. The van der Waals surface area contributed by atoms with E-state index in [2.05, 4.69) is 199 Å². The van der Waals surface area contributed by atoms with E-state index in [-0.39, 0.29) is 0 Å². The minimum atomic E-state index is 0.893. The summed E-state index contributed by atoms with van der Waals surface area (Å²) in [6, 6.07) is 72.2. The zero-order valence-electron chi connectivity index (χ0n) is 29.8. The van der Waals surface area contributed by atoms with Gasteiger partial charge in [-0.05, 0) is 81.2 Å². The molecule has 2 aromatic heterocycles. The van der Waals surface area contributed by atoms with Crippen molar-refractivity contribution in [3.63, 3.8) is 0 Å². The molecule has 0 bridgehead atoms. The fraction of sp³-hybridized carbons (Fsp3) is 0. The molecule has 55 heavy (non-hydrogen) atoms. The van der Waals surface area contributed by atoms with Gasteiger partial charge in [-0.15, -0.1) is 11.3 Å². The molecule has 0 unspecified atom stereocenters. The number of furan rings is 1. The molecular weight excluding hydrogens is 687 g/mol. The van der Waals surface area contributed by atoms with E-state index in [0.717, 1.165) is 61.3 Å². The largest absolute Gasteiger partial charge is 0.456 e. The van der Waals surface area contributed by atoms with Crippen molar-refractivity contribution < 1.29 is 4.42 Å². The van der Waals surface area contributed by atoms with Crippen LogP contribution in [0.4, 0.5) is 17.1 Å². The van der Waals surface area contributed by atoms with E-state index in [1.54, 1.807) is 0 Å². The van der Waals surface area contributed by atoms with Gasteiger partial charge in [0.05, 0.1) is 16.1 Å². The normalized spacial score (nSPS) is 11.6. The topological polar surface area (TPSA) is 16.4 Å². The monoisotopic (exact) mass is 719 g/mol. The average Bonchev–Trinajstić information content (AvgIpc) is 3.84. The van der Waals surface area contributed by atoms with Crippen molar-refractivity contribution in [3.8, 4) is 33.4 Å². The van der Waals surface area contributed by atoms with Gasteiger partial charge < -0.3 is 9.32 Å². The van der Waals surface area contributed by atoms with E-state index in [0.29, 0.717) is 0 Å². The summed E-state index contributed by atoms with van der Waals surface area (Å²) in [6.07, 6.45) is 0. The molecule has 0 N–H and O–H groups in total. The molecule has 9 aromatic carbocycles. The van der Waals surface area contributed by atoms with Crippen LogP contribution in [0, 0.1) is 0 Å². The van der Waals surface area contributed by atoms with Crippen molar-refractivity contribution in [2.24, 2.45) is 0 Å². The maximum Gasteiger partial charge on any atom is 0.136 e. The van der Waals surface area contributed by atoms with Crippen molar-refractivity contribution in [3.05, 3.63) is 200 Å². The summed E-state index contributed by atoms with van der Waals surface area (Å²) < 4.78 is 8.93. The molecule has 258 valence electrons. The van der Waals surface area contributed by atoms with Crippen molar-refractivity contribution in [2.75, 3.05) is 4.90 Å². The summed E-state index contributed by atoms with van der Waals surface area (Å²) in [5, 5.41) is 7.23. The first-order valence-corrected chi connectivity index (χ1v) is 19.5. The minimum Gasteiger partial charge on any atom is -0.456 e. The van der Waals surface area contributed by atoms with Crippen molar-refractivity contribution in [1.29, 1.82) is 0 Å². The Morgan fingerprint density at radius 2 is 0.982 bits per heavy atom. The molecule has 0 atom stereocenters. The summed E-state index contributed by atoms with van der Waals surface area (Å²) in [5.41, 5.74) is 12.3. The quantitative estimate of drug-likeness (QED) is 0.170. The van der Waals surface area contributed by atoms with Crippen LogP contribution in [-0.2, 0) is 0 Å². The molecule has 11 rings (SSSR count). The number of anilines is 3. The Balaban J connectivity index is 1.21. The highest BCUT2D eigenvalue weighted by Crippen LogP contribution is 2.49. The van der Waals surface area contributed by atoms with Gasteiger partial charge in [-0.3, -0.25) is 0 Å². The standard InChI is InChI=1S/C52H33NOS/c1-3-15-34(16-4-1)37-31-32-46(40-20-8-7-19-38(37)40)53(47-25-13-24-43-41-21-10-12-28-50(41)55-52(43)47)36-29-30-39(45(33-36)35-17-5-2-6-18-35)42-23-14-27-49-51(42)44-22-9-11-26-48(44)54-49/h1-33H. The lowest BCUT2D eigenvalue weighted by atomic mass is 9.91. The molecule has 0 aliphatic carbocycles. The van der Waals surface area contributed by atoms with Crippen LogP contribution < -0.4 is 4.90 Å². The first-order chi connectivity index (χ1) is 27.3. The van der Waals surface area contributed by atoms with Gasteiger partial charge in [0.2, 0.25) is 0 Å². The van der Waals surface area contributed by atoms with Crippen molar-refractivity contribution >= 4 is 81.3 Å². The second-order valence-electron chi connectivity index (χ2n) is 14.0. The van der Waals surface area contributed by atoms with E-state index in [9.17, 15) is 0 Å². The highest BCUT2D eigenvalue weighted by atomic mass is 32.1. The number of hydrogen-bond acceptors (Lipinski definition) is 3. The number of rotatable bonds is 6. The summed E-state index contributed by atoms with van der Waals surface area (Å²) in [6.45, 7) is 0. The summed E-state index contributed by atoms with van der Waals surface area (Å²) in [7, 11) is 0. The van der Waals surface area contributed by atoms with Gasteiger partial charge in [-0.2, -0.15) is 0 Å². The van der Waals surface area contributed by atoms with E-state index < -0.39 is 0 Å². The second-order valence-corrected chi connectivity index (χ2v) is 15.1. The molecule has 3 heteroatoms. The van der Waals surface area contributed by atoms with Crippen LogP contribution in [0.1, 0.15) is 0 Å². The van der Waals surface area contributed by atoms with E-state index in [1.807, 2.05) is 17.4 Å². The van der Waals surface area contributed by atoms with Gasteiger partial charge in [0, 0.05) is 37.3 Å². The molecule has 0 radical (unpaired) electrons. The third-order valence-corrected chi connectivity index (χ3v) is 12.1. The Kier molecular flexibility index (Phi) is 7.39. The lowest BCUT2D eigenvalue weighted by molar-refractivity contribution is 0.669. The Bertz CT molecular complexity index is 3210. The van der Waals surface area contributed by atoms with Crippen LogP contribution in [0.15, 0.2) is 205 Å². The molecular formula is C52H33NOS. The number of thiophene rings is 1. The number of hydrogen-bond donors (Lipinski definition) is 0. The summed E-state index contributed by atoms with van der Waals surface area (Å²) in [5.74, 6) is 0. The van der Waals surface area contributed by atoms with Gasteiger partial charge >= 0.3 is 0 Å². The molecule has 2 nitrogen and oxygen atoms in total. The van der Waals surface area contributed by atoms with Gasteiger partial charge in [-0.25, -0.2) is 0 Å². The highest BCUT2D eigenvalue weighted by molar-refractivity contribution is 7.26. The van der Waals surface area contributed by atoms with Crippen molar-refractivity contribution in [1.82, 2.24) is 0 Å². The number of fused-ring (bicyclic) bond motifs is 7. The van der Waals surface area contributed by atoms with E-state index in [4.69, 9.17) is 4.42 Å². The fourth-order valence-corrected chi connectivity index (χ4v) is 9.63. The zero-order chi connectivity index (χ0) is 36.3. The molecule has 0 fully saturated rings. The third-order valence-electron chi connectivity index (χ3n) is 10.9. The summed E-state index contributed by atoms with van der Waals surface area (Å²) >= 11 is 1.86. The molecule has 2 heterocycles. The number of nitrogens with zero attached hydrogens (tertiary/aromatic N) is 1. The van der Waals surface area contributed by atoms with E-state index in [1.165, 1.54) is 42.1 Å². The van der Waals surface area contributed by atoms with Gasteiger partial charge in [0.1, 0.15) is 11.2 Å². The van der Waals surface area contributed by atoms with Crippen LogP contribution in [0.3, 0.4) is 0 Å². The van der Waals surface area contributed by atoms with Crippen LogP contribution >= 0.6 is 11.3 Å². The molecule has 0 amide bonds. The SMILES string of the molecule is c1ccc(-c2cc(N(c3ccc(-c4ccccc4)c4ccccc34)c3cccc4c3sc3ccccc34)ccc2-c2cccc3oc4ccccc4c23)cc1. The predicted octanol–water partition coefficient (Wildman–Crippen LogP) is 15.6. The molecule has 0 spiro atoms. The van der Waals surface area contributed by atoms with Crippen LogP contribution in [0.2, 0.25) is 0 Å². The second kappa shape index (κ2) is 12.9. The first kappa shape index (κ1) is 31.6. The van der Waals surface area contributed by atoms with Gasteiger partial charge in [0.25, 0.3) is 0 Å². The van der Waals surface area contributed by atoms with Crippen LogP contribution in [0.25, 0.3) is 86.3 Å². The summed E-state index contributed by atoms with van der Waals surface area (Å²) in [4.78, 5) is 2.48. The van der Waals surface area contributed by atoms with Crippen molar-refractivity contribution in [2.45, 2.75) is 0 Å².